The van der Waals surface area contributed by atoms with Crippen molar-refractivity contribution in [2.75, 3.05) is 7.11 Å². The van der Waals surface area contributed by atoms with Crippen LogP contribution in [0.15, 0.2) is 48.7 Å². The molecule has 0 amide bonds. The van der Waals surface area contributed by atoms with Crippen LogP contribution in [0.5, 0.6) is 5.75 Å². The zero-order chi connectivity index (χ0) is 14.6. The zero-order valence-electron chi connectivity index (χ0n) is 11.5. The Morgan fingerprint density at radius 1 is 1.25 bits per heavy atom. The highest BCUT2D eigenvalue weighted by atomic mass is 16.5. The van der Waals surface area contributed by atoms with Crippen LogP contribution in [0.2, 0.25) is 0 Å². The Morgan fingerprint density at radius 3 is 2.45 bits per heavy atom. The van der Waals surface area contributed by atoms with Gasteiger partial charge in [-0.15, -0.1) is 0 Å². The topological polar surface area (TPSA) is 59.4 Å². The molecule has 0 saturated heterocycles. The molecule has 1 unspecified atom stereocenters. The van der Waals surface area contributed by atoms with Crippen LogP contribution in [0.3, 0.4) is 0 Å². The van der Waals surface area contributed by atoms with Crippen molar-refractivity contribution in [3.05, 3.63) is 59.9 Å². The van der Waals surface area contributed by atoms with Gasteiger partial charge < -0.3 is 9.84 Å². The summed E-state index contributed by atoms with van der Waals surface area (Å²) in [5.74, 6) is -0.160. The molecule has 2 aromatic rings. The minimum Gasteiger partial charge on any atom is -0.497 e. The SMILES string of the molecule is COc1ccc(C(C)(Cc2ccccn2)C(=O)O)cc1. The van der Waals surface area contributed by atoms with Gasteiger partial charge in [-0.1, -0.05) is 18.2 Å². The minimum absolute atomic E-state index is 0.343. The quantitative estimate of drug-likeness (QED) is 0.908. The number of aliphatic carboxylic acids is 1. The van der Waals surface area contributed by atoms with Crippen LogP contribution >= 0.6 is 0 Å². The molecule has 0 aliphatic rings. The van der Waals surface area contributed by atoms with E-state index in [0.29, 0.717) is 12.2 Å². The first-order chi connectivity index (χ1) is 9.56. The fourth-order valence-electron chi connectivity index (χ4n) is 2.12. The molecule has 1 aromatic heterocycles. The van der Waals surface area contributed by atoms with Crippen molar-refractivity contribution in [2.45, 2.75) is 18.8 Å². The molecular weight excluding hydrogens is 254 g/mol. The third-order valence-corrected chi connectivity index (χ3v) is 3.46. The number of carboxylic acids is 1. The minimum atomic E-state index is -1.01. The molecule has 1 N–H and O–H groups in total. The number of hydrogen-bond donors (Lipinski definition) is 1. The fraction of sp³-hybridized carbons (Fsp3) is 0.250. The van der Waals surface area contributed by atoms with E-state index in [1.165, 1.54) is 0 Å². The molecule has 1 aromatic carbocycles. The van der Waals surface area contributed by atoms with E-state index in [0.717, 1.165) is 11.3 Å². The number of aromatic nitrogens is 1. The summed E-state index contributed by atoms with van der Waals surface area (Å²) < 4.78 is 5.10. The van der Waals surface area contributed by atoms with Gasteiger partial charge in [-0.2, -0.15) is 0 Å². The summed E-state index contributed by atoms with van der Waals surface area (Å²) in [7, 11) is 1.58. The maximum absolute atomic E-state index is 11.7. The second kappa shape index (κ2) is 5.74. The van der Waals surface area contributed by atoms with Crippen LogP contribution in [0, 0.1) is 0 Å². The van der Waals surface area contributed by atoms with E-state index in [-0.39, 0.29) is 0 Å². The van der Waals surface area contributed by atoms with Gasteiger partial charge in [0.1, 0.15) is 5.75 Å². The molecule has 0 saturated carbocycles. The van der Waals surface area contributed by atoms with Gasteiger partial charge in [0.2, 0.25) is 0 Å². The number of nitrogens with zero attached hydrogens (tertiary/aromatic N) is 1. The number of pyridine rings is 1. The van der Waals surface area contributed by atoms with Crippen molar-refractivity contribution in [2.24, 2.45) is 0 Å². The summed E-state index contributed by atoms with van der Waals surface area (Å²) >= 11 is 0. The summed E-state index contributed by atoms with van der Waals surface area (Å²) in [4.78, 5) is 15.9. The number of rotatable bonds is 5. The van der Waals surface area contributed by atoms with Crippen LogP contribution in [0.25, 0.3) is 0 Å². The predicted octanol–water partition coefficient (Wildman–Crippen LogP) is 2.68. The van der Waals surface area contributed by atoms with Gasteiger partial charge in [-0.3, -0.25) is 9.78 Å². The van der Waals surface area contributed by atoms with Gasteiger partial charge in [-0.25, -0.2) is 0 Å². The maximum Gasteiger partial charge on any atom is 0.314 e. The molecule has 0 spiro atoms. The van der Waals surface area contributed by atoms with E-state index in [2.05, 4.69) is 4.98 Å². The Hall–Kier alpha value is -2.36. The summed E-state index contributed by atoms with van der Waals surface area (Å²) in [6, 6.07) is 12.6. The van der Waals surface area contributed by atoms with Gasteiger partial charge in [0.05, 0.1) is 12.5 Å². The summed E-state index contributed by atoms with van der Waals surface area (Å²) in [5, 5.41) is 9.61. The second-order valence-corrected chi connectivity index (χ2v) is 4.86. The van der Waals surface area contributed by atoms with Gasteiger partial charge in [0.15, 0.2) is 0 Å². The van der Waals surface area contributed by atoms with Gasteiger partial charge in [-0.05, 0) is 36.8 Å². The molecule has 20 heavy (non-hydrogen) atoms. The van der Waals surface area contributed by atoms with E-state index in [9.17, 15) is 9.90 Å². The number of carboxylic acid groups (broad SMARTS) is 1. The smallest absolute Gasteiger partial charge is 0.314 e. The van der Waals surface area contributed by atoms with E-state index in [1.807, 2.05) is 18.2 Å². The van der Waals surface area contributed by atoms with Gasteiger partial charge >= 0.3 is 5.97 Å². The van der Waals surface area contributed by atoms with E-state index < -0.39 is 11.4 Å². The molecular formula is C16H17NO3. The van der Waals surface area contributed by atoms with Crippen molar-refractivity contribution in [3.8, 4) is 5.75 Å². The van der Waals surface area contributed by atoms with Crippen LogP contribution in [0.4, 0.5) is 0 Å². The number of methoxy groups -OCH3 is 1. The first kappa shape index (κ1) is 14.1. The van der Waals surface area contributed by atoms with E-state index in [1.54, 1.807) is 44.5 Å². The highest BCUT2D eigenvalue weighted by Crippen LogP contribution is 2.29. The Balaban J connectivity index is 2.35. The van der Waals surface area contributed by atoms with Crippen LogP contribution in [-0.4, -0.2) is 23.2 Å². The lowest BCUT2D eigenvalue weighted by Gasteiger charge is -2.25. The lowest BCUT2D eigenvalue weighted by Crippen LogP contribution is -2.35. The molecule has 4 heteroatoms. The van der Waals surface area contributed by atoms with E-state index in [4.69, 9.17) is 4.74 Å². The normalized spacial score (nSPS) is 13.5. The molecule has 0 aliphatic heterocycles. The highest BCUT2D eigenvalue weighted by Gasteiger charge is 2.35. The molecule has 0 aliphatic carbocycles. The fourth-order valence-corrected chi connectivity index (χ4v) is 2.12. The summed E-state index contributed by atoms with van der Waals surface area (Å²) in [6.07, 6.45) is 2.02. The number of hydrogen-bond acceptors (Lipinski definition) is 3. The standard InChI is InChI=1S/C16H17NO3/c1-16(15(18)19,11-13-5-3-4-10-17-13)12-6-8-14(20-2)9-7-12/h3-10H,11H2,1-2H3,(H,18,19). The molecule has 0 bridgehead atoms. The van der Waals surface area contributed by atoms with Crippen LogP contribution in [0.1, 0.15) is 18.2 Å². The highest BCUT2D eigenvalue weighted by molar-refractivity contribution is 5.81. The lowest BCUT2D eigenvalue weighted by atomic mass is 9.78. The molecule has 0 fully saturated rings. The van der Waals surface area contributed by atoms with Crippen molar-refractivity contribution in [1.82, 2.24) is 4.98 Å². The number of carbonyl (C=O) groups is 1. The third-order valence-electron chi connectivity index (χ3n) is 3.46. The third kappa shape index (κ3) is 2.79. The molecule has 104 valence electrons. The average Bonchev–Trinajstić information content (AvgIpc) is 2.48. The molecule has 2 rings (SSSR count). The Bertz CT molecular complexity index is 580. The predicted molar refractivity (Wildman–Crippen MR) is 75.9 cm³/mol. The number of benzene rings is 1. The first-order valence-electron chi connectivity index (χ1n) is 6.34. The average molecular weight is 271 g/mol. The Kier molecular flexibility index (Phi) is 4.03. The van der Waals surface area contributed by atoms with Crippen molar-refractivity contribution < 1.29 is 14.6 Å². The monoisotopic (exact) mass is 271 g/mol. The largest absolute Gasteiger partial charge is 0.497 e. The van der Waals surface area contributed by atoms with Gasteiger partial charge in [0, 0.05) is 18.3 Å². The molecule has 4 nitrogen and oxygen atoms in total. The summed E-state index contributed by atoms with van der Waals surface area (Å²) in [6.45, 7) is 1.71. The van der Waals surface area contributed by atoms with Crippen molar-refractivity contribution in [1.29, 1.82) is 0 Å². The van der Waals surface area contributed by atoms with Crippen LogP contribution < -0.4 is 4.74 Å². The zero-order valence-corrected chi connectivity index (χ0v) is 11.5. The maximum atomic E-state index is 11.7. The Labute approximate surface area is 118 Å². The number of ether oxygens (including phenoxy) is 1. The van der Waals surface area contributed by atoms with E-state index >= 15 is 0 Å². The molecule has 1 atom stereocenters. The summed E-state index contributed by atoms with van der Waals surface area (Å²) in [5.41, 5.74) is 0.477. The van der Waals surface area contributed by atoms with Crippen LogP contribution in [-0.2, 0) is 16.6 Å². The first-order valence-corrected chi connectivity index (χ1v) is 6.34. The molecule has 1 heterocycles. The Morgan fingerprint density at radius 2 is 1.95 bits per heavy atom. The second-order valence-electron chi connectivity index (χ2n) is 4.86. The lowest BCUT2D eigenvalue weighted by molar-refractivity contribution is -0.143. The van der Waals surface area contributed by atoms with Crippen molar-refractivity contribution >= 4 is 5.97 Å². The van der Waals surface area contributed by atoms with Gasteiger partial charge in [0.25, 0.3) is 0 Å². The molecule has 0 radical (unpaired) electrons. The van der Waals surface area contributed by atoms with Crippen molar-refractivity contribution in [3.63, 3.8) is 0 Å².